The first kappa shape index (κ1) is 10.6. The molecule has 0 aromatic carbocycles. The summed E-state index contributed by atoms with van der Waals surface area (Å²) < 4.78 is 0. The largest absolute Gasteiger partial charge is 0.370 e. The van der Waals surface area contributed by atoms with Gasteiger partial charge in [0.2, 0.25) is 0 Å². The van der Waals surface area contributed by atoms with Gasteiger partial charge in [0, 0.05) is 31.5 Å². The fourth-order valence-electron chi connectivity index (χ4n) is 2.50. The highest BCUT2D eigenvalue weighted by molar-refractivity contribution is 5.44. The van der Waals surface area contributed by atoms with Crippen LogP contribution in [0.4, 0.5) is 5.69 Å². The van der Waals surface area contributed by atoms with Crippen molar-refractivity contribution in [2.75, 3.05) is 19.0 Å². The van der Waals surface area contributed by atoms with Gasteiger partial charge in [-0.05, 0) is 38.8 Å². The third-order valence-corrected chi connectivity index (χ3v) is 3.64. The second-order valence-electron chi connectivity index (χ2n) is 4.47. The number of anilines is 1. The Bertz CT molecular complexity index is 273. The summed E-state index contributed by atoms with van der Waals surface area (Å²) >= 11 is 0. The van der Waals surface area contributed by atoms with E-state index in [1.165, 1.54) is 31.4 Å². The third-order valence-electron chi connectivity index (χ3n) is 3.64. The van der Waals surface area contributed by atoms with E-state index in [0.717, 1.165) is 6.04 Å². The van der Waals surface area contributed by atoms with Gasteiger partial charge in [0.25, 0.3) is 0 Å². The second-order valence-corrected chi connectivity index (χ2v) is 4.47. The van der Waals surface area contributed by atoms with Crippen LogP contribution in [0.15, 0.2) is 18.5 Å². The first-order chi connectivity index (χ1) is 7.31. The molecule has 1 heterocycles. The zero-order valence-corrected chi connectivity index (χ0v) is 9.66. The second kappa shape index (κ2) is 4.71. The van der Waals surface area contributed by atoms with Gasteiger partial charge in [0.15, 0.2) is 0 Å². The number of nitrogens with zero attached hydrogens (tertiary/aromatic N) is 1. The van der Waals surface area contributed by atoms with Gasteiger partial charge in [0.1, 0.15) is 0 Å². The van der Waals surface area contributed by atoms with Gasteiger partial charge >= 0.3 is 0 Å². The quantitative estimate of drug-likeness (QED) is 0.794. The highest BCUT2D eigenvalue weighted by Crippen LogP contribution is 2.25. The zero-order chi connectivity index (χ0) is 10.7. The summed E-state index contributed by atoms with van der Waals surface area (Å²) in [6, 6.07) is 3.59. The minimum Gasteiger partial charge on any atom is -0.370 e. The van der Waals surface area contributed by atoms with Gasteiger partial charge in [-0.15, -0.1) is 0 Å². The summed E-state index contributed by atoms with van der Waals surface area (Å²) in [4.78, 5) is 5.52. The molecule has 1 aliphatic carbocycles. The van der Waals surface area contributed by atoms with Crippen molar-refractivity contribution in [3.05, 3.63) is 18.5 Å². The van der Waals surface area contributed by atoms with Gasteiger partial charge in [-0.3, -0.25) is 0 Å². The Labute approximate surface area is 91.9 Å². The minimum atomic E-state index is 0.713. The predicted octanol–water partition coefficient (Wildman–Crippen LogP) is 1.98. The molecule has 84 valence electrons. The summed E-state index contributed by atoms with van der Waals surface area (Å²) in [6.07, 6.45) is 9.27. The van der Waals surface area contributed by atoms with Crippen molar-refractivity contribution in [1.29, 1.82) is 0 Å². The van der Waals surface area contributed by atoms with Crippen LogP contribution in [0.3, 0.4) is 0 Å². The number of nitrogens with one attached hydrogen (secondary N) is 2. The van der Waals surface area contributed by atoms with Crippen molar-refractivity contribution in [1.82, 2.24) is 10.3 Å². The fraction of sp³-hybridized carbons (Fsp3) is 0.667. The molecule has 0 saturated heterocycles. The Morgan fingerprint density at radius 2 is 2.07 bits per heavy atom. The molecule has 0 radical (unpaired) electrons. The lowest BCUT2D eigenvalue weighted by Crippen LogP contribution is -2.39. The molecule has 0 amide bonds. The van der Waals surface area contributed by atoms with E-state index in [9.17, 15) is 0 Å². The topological polar surface area (TPSA) is 31.1 Å². The van der Waals surface area contributed by atoms with Crippen LogP contribution in [0, 0.1) is 0 Å². The first-order valence-electron chi connectivity index (χ1n) is 5.84. The molecular formula is C12H21N3. The molecule has 0 bridgehead atoms. The third kappa shape index (κ3) is 2.34. The fourth-order valence-corrected chi connectivity index (χ4v) is 2.50. The molecule has 0 atom stereocenters. The van der Waals surface area contributed by atoms with Gasteiger partial charge in [-0.25, -0.2) is 0 Å². The van der Waals surface area contributed by atoms with E-state index in [0.29, 0.717) is 6.04 Å². The Kier molecular flexibility index (Phi) is 3.31. The predicted molar refractivity (Wildman–Crippen MR) is 64.3 cm³/mol. The average Bonchev–Trinajstić information content (AvgIpc) is 2.82. The van der Waals surface area contributed by atoms with Gasteiger partial charge in [0.05, 0.1) is 5.69 Å². The van der Waals surface area contributed by atoms with E-state index in [1.807, 2.05) is 6.20 Å². The van der Waals surface area contributed by atoms with Crippen LogP contribution in [0.25, 0.3) is 0 Å². The number of H-pyrrole nitrogens is 1. The SMILES string of the molecule is CNC1CCC(N(C)c2cc[nH]c2)CC1. The Morgan fingerprint density at radius 3 is 2.60 bits per heavy atom. The van der Waals surface area contributed by atoms with Crippen LogP contribution in [-0.2, 0) is 0 Å². The molecule has 0 aliphatic heterocycles. The van der Waals surface area contributed by atoms with Crippen molar-refractivity contribution in [3.63, 3.8) is 0 Å². The van der Waals surface area contributed by atoms with E-state index in [2.05, 4.69) is 41.6 Å². The highest BCUT2D eigenvalue weighted by atomic mass is 15.1. The lowest BCUT2D eigenvalue weighted by Gasteiger charge is -2.35. The van der Waals surface area contributed by atoms with E-state index in [4.69, 9.17) is 0 Å². The van der Waals surface area contributed by atoms with Crippen molar-refractivity contribution in [3.8, 4) is 0 Å². The van der Waals surface area contributed by atoms with Crippen LogP contribution in [-0.4, -0.2) is 31.2 Å². The standard InChI is InChI=1S/C12H21N3/c1-13-10-3-5-11(6-4-10)15(2)12-7-8-14-9-12/h7-11,13-14H,3-6H2,1-2H3. The maximum atomic E-state index is 3.37. The number of rotatable bonds is 3. The van der Waals surface area contributed by atoms with Crippen molar-refractivity contribution < 1.29 is 0 Å². The molecule has 1 aromatic heterocycles. The molecule has 3 nitrogen and oxygen atoms in total. The van der Waals surface area contributed by atoms with Gasteiger partial charge < -0.3 is 15.2 Å². The highest BCUT2D eigenvalue weighted by Gasteiger charge is 2.23. The molecule has 1 saturated carbocycles. The van der Waals surface area contributed by atoms with E-state index >= 15 is 0 Å². The van der Waals surface area contributed by atoms with E-state index in [-0.39, 0.29) is 0 Å². The van der Waals surface area contributed by atoms with Crippen LogP contribution in [0.5, 0.6) is 0 Å². The Balaban J connectivity index is 1.90. The maximum absolute atomic E-state index is 3.37. The Hall–Kier alpha value is -0.960. The van der Waals surface area contributed by atoms with Crippen LogP contribution >= 0.6 is 0 Å². The lowest BCUT2D eigenvalue weighted by atomic mass is 9.90. The van der Waals surface area contributed by atoms with Gasteiger partial charge in [-0.1, -0.05) is 0 Å². The normalized spacial score (nSPS) is 26.5. The van der Waals surface area contributed by atoms with E-state index < -0.39 is 0 Å². The molecule has 1 fully saturated rings. The van der Waals surface area contributed by atoms with Gasteiger partial charge in [-0.2, -0.15) is 0 Å². The zero-order valence-electron chi connectivity index (χ0n) is 9.66. The summed E-state index contributed by atoms with van der Waals surface area (Å²) in [5.41, 5.74) is 1.31. The smallest absolute Gasteiger partial charge is 0.0543 e. The summed E-state index contributed by atoms with van der Waals surface area (Å²) in [5.74, 6) is 0. The number of aromatic nitrogens is 1. The van der Waals surface area contributed by atoms with Crippen LogP contribution < -0.4 is 10.2 Å². The monoisotopic (exact) mass is 207 g/mol. The molecule has 2 rings (SSSR count). The molecule has 1 aliphatic rings. The average molecular weight is 207 g/mol. The van der Waals surface area contributed by atoms with E-state index in [1.54, 1.807) is 0 Å². The maximum Gasteiger partial charge on any atom is 0.0543 e. The number of hydrogen-bond acceptors (Lipinski definition) is 2. The molecule has 0 spiro atoms. The molecule has 2 N–H and O–H groups in total. The van der Waals surface area contributed by atoms with Crippen molar-refractivity contribution in [2.45, 2.75) is 37.8 Å². The molecular weight excluding hydrogens is 186 g/mol. The molecule has 3 heteroatoms. The lowest BCUT2D eigenvalue weighted by molar-refractivity contribution is 0.351. The molecule has 1 aromatic rings. The van der Waals surface area contributed by atoms with Crippen LogP contribution in [0.1, 0.15) is 25.7 Å². The number of hydrogen-bond donors (Lipinski definition) is 2. The van der Waals surface area contributed by atoms with Crippen molar-refractivity contribution in [2.24, 2.45) is 0 Å². The van der Waals surface area contributed by atoms with Crippen LogP contribution in [0.2, 0.25) is 0 Å². The molecule has 0 unspecified atom stereocenters. The summed E-state index contributed by atoms with van der Waals surface area (Å²) in [5, 5.41) is 3.37. The summed E-state index contributed by atoms with van der Waals surface area (Å²) in [7, 11) is 4.27. The summed E-state index contributed by atoms with van der Waals surface area (Å²) in [6.45, 7) is 0. The van der Waals surface area contributed by atoms with Crippen molar-refractivity contribution >= 4 is 5.69 Å². The number of aromatic amines is 1. The molecule has 15 heavy (non-hydrogen) atoms. The minimum absolute atomic E-state index is 0.713. The Morgan fingerprint density at radius 1 is 1.33 bits per heavy atom. The first-order valence-corrected chi connectivity index (χ1v) is 5.84.